The van der Waals surface area contributed by atoms with Crippen LogP contribution in [0.1, 0.15) is 35.8 Å². The maximum absolute atomic E-state index is 12.5. The second-order valence-electron chi connectivity index (χ2n) is 6.65. The van der Waals surface area contributed by atoms with Crippen LogP contribution >= 0.6 is 0 Å². The maximum atomic E-state index is 12.5. The van der Waals surface area contributed by atoms with E-state index in [2.05, 4.69) is 10.6 Å². The molecule has 2 aromatic carbocycles. The molecule has 6 heteroatoms. The zero-order chi connectivity index (χ0) is 20.8. The first kappa shape index (κ1) is 19.9. The van der Waals surface area contributed by atoms with Gasteiger partial charge >= 0.3 is 0 Å². The number of nitrogens with zero attached hydrogens (tertiary/aromatic N) is 1. The highest BCUT2D eigenvalue weighted by molar-refractivity contribution is 6.08. The summed E-state index contributed by atoms with van der Waals surface area (Å²) in [6.07, 6.45) is 3.45. The number of hydrogen-bond donors (Lipinski definition) is 2. The summed E-state index contributed by atoms with van der Waals surface area (Å²) >= 11 is 0. The first-order chi connectivity index (χ1) is 13.9. The van der Waals surface area contributed by atoms with Crippen LogP contribution in [-0.4, -0.2) is 17.6 Å². The van der Waals surface area contributed by atoms with Crippen LogP contribution < -0.4 is 15.2 Å². The van der Waals surface area contributed by atoms with Gasteiger partial charge in [-0.3, -0.25) is 14.4 Å². The number of hydrogen-bond acceptors (Lipinski definition) is 3. The third-order valence-electron chi connectivity index (χ3n) is 4.45. The van der Waals surface area contributed by atoms with E-state index in [9.17, 15) is 14.4 Å². The Hall–Kier alpha value is -3.80. The Bertz CT molecular complexity index is 1010. The fourth-order valence-corrected chi connectivity index (χ4v) is 2.83. The molecule has 0 saturated carbocycles. The first-order valence-corrected chi connectivity index (χ1v) is 9.23. The summed E-state index contributed by atoms with van der Waals surface area (Å²) in [6, 6.07) is 18.9. The molecule has 0 radical (unpaired) electrons. The van der Waals surface area contributed by atoms with Crippen molar-refractivity contribution in [2.75, 3.05) is 10.6 Å². The number of rotatable bonds is 6. The number of aromatic nitrogens is 1. The van der Waals surface area contributed by atoms with Crippen LogP contribution in [0.5, 0.6) is 0 Å². The van der Waals surface area contributed by atoms with Gasteiger partial charge in [-0.05, 0) is 24.3 Å². The van der Waals surface area contributed by atoms with Crippen LogP contribution in [-0.2, 0) is 9.59 Å². The van der Waals surface area contributed by atoms with Gasteiger partial charge in [0.1, 0.15) is 0 Å². The van der Waals surface area contributed by atoms with Crippen LogP contribution in [0.4, 0.5) is 11.4 Å². The van der Waals surface area contributed by atoms with Gasteiger partial charge in [0.25, 0.3) is 5.91 Å². The lowest BCUT2D eigenvalue weighted by molar-refractivity contribution is -0.705. The molecule has 2 N–H and O–H groups in total. The van der Waals surface area contributed by atoms with E-state index in [0.717, 1.165) is 0 Å². The van der Waals surface area contributed by atoms with E-state index < -0.39 is 6.04 Å². The maximum Gasteiger partial charge on any atom is 0.293 e. The minimum Gasteiger partial charge on any atom is -0.326 e. The predicted octanol–water partition coefficient (Wildman–Crippen LogP) is 3.36. The Kier molecular flexibility index (Phi) is 6.14. The number of pyridine rings is 1. The Morgan fingerprint density at radius 2 is 1.28 bits per heavy atom. The fraction of sp³-hybridized carbons (Fsp3) is 0.130. The largest absolute Gasteiger partial charge is 0.326 e. The summed E-state index contributed by atoms with van der Waals surface area (Å²) in [7, 11) is 0. The van der Waals surface area contributed by atoms with Crippen molar-refractivity contribution < 1.29 is 19.0 Å². The summed E-state index contributed by atoms with van der Waals surface area (Å²) in [5.41, 5.74) is 2.48. The van der Waals surface area contributed by atoms with Gasteiger partial charge in [-0.25, -0.2) is 0 Å². The molecule has 0 aliphatic rings. The number of benzene rings is 2. The third-order valence-corrected chi connectivity index (χ3v) is 4.45. The molecule has 0 bridgehead atoms. The molecular weight excluding hydrogens is 366 g/mol. The first-order valence-electron chi connectivity index (χ1n) is 9.23. The normalized spacial score (nSPS) is 11.4. The minimum absolute atomic E-state index is 0.0610. The highest BCUT2D eigenvalue weighted by Gasteiger charge is 2.22. The molecule has 3 aromatic rings. The van der Waals surface area contributed by atoms with Gasteiger partial charge in [0, 0.05) is 48.5 Å². The van der Waals surface area contributed by atoms with Gasteiger partial charge in [0.15, 0.2) is 18.2 Å². The second kappa shape index (κ2) is 8.93. The molecule has 0 aliphatic carbocycles. The lowest BCUT2D eigenvalue weighted by atomic mass is 10.0. The molecule has 0 saturated heterocycles. The lowest BCUT2D eigenvalue weighted by Crippen LogP contribution is -2.44. The van der Waals surface area contributed by atoms with Crippen molar-refractivity contribution in [2.24, 2.45) is 0 Å². The third kappa shape index (κ3) is 5.13. The van der Waals surface area contributed by atoms with Crippen LogP contribution in [0.15, 0.2) is 79.1 Å². The van der Waals surface area contributed by atoms with E-state index in [1.807, 2.05) is 18.2 Å². The quantitative estimate of drug-likeness (QED) is 0.502. The van der Waals surface area contributed by atoms with Crippen molar-refractivity contribution >= 4 is 29.0 Å². The van der Waals surface area contributed by atoms with E-state index in [4.69, 9.17) is 0 Å². The Labute approximate surface area is 169 Å². The van der Waals surface area contributed by atoms with Crippen molar-refractivity contribution in [3.05, 3.63) is 90.3 Å². The van der Waals surface area contributed by atoms with Gasteiger partial charge in [0.2, 0.25) is 11.9 Å². The Balaban J connectivity index is 1.65. The molecular formula is C23H22N3O3+. The standard InChI is InChI=1S/C23H21N3O3/c1-16(23(29)25-21-10-8-20(9-11-21)24-17(2)27)26-14-12-19(13-15-26)22(28)18-6-4-3-5-7-18/h3-16,28H,1-2H3/p+1/t16-/m1/s1. The SMILES string of the molecule is CC(=O)Nc1ccc(NC(=O)[C@@H](C)[n+]2ccc(C(=O)c3ccccc3)cc2)cc1. The topological polar surface area (TPSA) is 79.2 Å². The molecule has 0 fully saturated rings. The highest BCUT2D eigenvalue weighted by Crippen LogP contribution is 2.15. The molecule has 1 atom stereocenters. The molecule has 1 heterocycles. The summed E-state index contributed by atoms with van der Waals surface area (Å²) in [5, 5.41) is 5.52. The van der Waals surface area contributed by atoms with Crippen molar-refractivity contribution in [3.63, 3.8) is 0 Å². The van der Waals surface area contributed by atoms with Gasteiger partial charge in [-0.1, -0.05) is 30.3 Å². The van der Waals surface area contributed by atoms with Crippen molar-refractivity contribution in [3.8, 4) is 0 Å². The molecule has 29 heavy (non-hydrogen) atoms. The number of ketones is 1. The predicted molar refractivity (Wildman–Crippen MR) is 111 cm³/mol. The summed E-state index contributed by atoms with van der Waals surface area (Å²) in [6.45, 7) is 3.22. The molecule has 0 spiro atoms. The molecule has 2 amide bonds. The average molecular weight is 388 g/mol. The Morgan fingerprint density at radius 3 is 1.83 bits per heavy atom. The highest BCUT2D eigenvalue weighted by atomic mass is 16.2. The van der Waals surface area contributed by atoms with E-state index in [0.29, 0.717) is 22.5 Å². The number of carbonyl (C=O) groups excluding carboxylic acids is 3. The zero-order valence-corrected chi connectivity index (χ0v) is 16.3. The van der Waals surface area contributed by atoms with Gasteiger partial charge in [-0.2, -0.15) is 4.57 Å². The molecule has 0 aliphatic heterocycles. The van der Waals surface area contributed by atoms with Crippen molar-refractivity contribution in [1.29, 1.82) is 0 Å². The van der Waals surface area contributed by atoms with Crippen LogP contribution in [0.2, 0.25) is 0 Å². The number of carbonyl (C=O) groups is 3. The average Bonchev–Trinajstić information content (AvgIpc) is 2.74. The van der Waals surface area contributed by atoms with E-state index in [-0.39, 0.29) is 17.6 Å². The van der Waals surface area contributed by atoms with Crippen LogP contribution in [0.25, 0.3) is 0 Å². The van der Waals surface area contributed by atoms with Crippen molar-refractivity contribution in [1.82, 2.24) is 0 Å². The van der Waals surface area contributed by atoms with E-state index >= 15 is 0 Å². The van der Waals surface area contributed by atoms with Gasteiger partial charge in [0.05, 0.1) is 0 Å². The molecule has 1 aromatic heterocycles. The second-order valence-corrected chi connectivity index (χ2v) is 6.65. The Morgan fingerprint density at radius 1 is 0.759 bits per heavy atom. The van der Waals surface area contributed by atoms with Crippen molar-refractivity contribution in [2.45, 2.75) is 19.9 Å². The molecule has 146 valence electrons. The summed E-state index contributed by atoms with van der Waals surface area (Å²) in [4.78, 5) is 36.1. The molecule has 0 unspecified atom stereocenters. The van der Waals surface area contributed by atoms with Gasteiger partial charge in [-0.15, -0.1) is 0 Å². The fourth-order valence-electron chi connectivity index (χ4n) is 2.83. The smallest absolute Gasteiger partial charge is 0.293 e. The summed E-state index contributed by atoms with van der Waals surface area (Å²) < 4.78 is 1.74. The van der Waals surface area contributed by atoms with Gasteiger partial charge < -0.3 is 10.6 Å². The number of anilines is 2. The number of amides is 2. The summed E-state index contributed by atoms with van der Waals surface area (Å²) in [5.74, 6) is -0.403. The van der Waals surface area contributed by atoms with E-state index in [1.165, 1.54) is 6.92 Å². The van der Waals surface area contributed by atoms with E-state index in [1.54, 1.807) is 72.4 Å². The minimum atomic E-state index is -0.467. The molecule has 6 nitrogen and oxygen atoms in total. The van der Waals surface area contributed by atoms with Crippen LogP contribution in [0.3, 0.4) is 0 Å². The number of nitrogens with one attached hydrogen (secondary N) is 2. The lowest BCUT2D eigenvalue weighted by Gasteiger charge is -2.10. The zero-order valence-electron chi connectivity index (χ0n) is 16.3. The molecule has 3 rings (SSSR count). The van der Waals surface area contributed by atoms with Crippen LogP contribution in [0, 0.1) is 0 Å². The monoisotopic (exact) mass is 388 g/mol.